The van der Waals surface area contributed by atoms with Gasteiger partial charge in [-0.3, -0.25) is 5.32 Å². The van der Waals surface area contributed by atoms with Crippen LogP contribution in [0.3, 0.4) is 0 Å². The number of methoxy groups -OCH3 is 1. The summed E-state index contributed by atoms with van der Waals surface area (Å²) in [6.45, 7) is 0.612. The van der Waals surface area contributed by atoms with Crippen LogP contribution in [0.1, 0.15) is 4.88 Å². The minimum absolute atomic E-state index is 0.269. The van der Waals surface area contributed by atoms with Crippen molar-refractivity contribution in [3.63, 3.8) is 0 Å². The highest BCUT2D eigenvalue weighted by molar-refractivity contribution is 7.80. The van der Waals surface area contributed by atoms with E-state index < -0.39 is 6.09 Å². The maximum Gasteiger partial charge on any atom is 0.413 e. The van der Waals surface area contributed by atoms with E-state index in [9.17, 15) is 4.79 Å². The third kappa shape index (κ3) is 3.71. The average Bonchev–Trinajstić information content (AvgIpc) is 2.67. The summed E-state index contributed by atoms with van der Waals surface area (Å²) >= 11 is 6.47. The number of amides is 1. The second-order valence-electron chi connectivity index (χ2n) is 2.38. The largest absolute Gasteiger partial charge is 0.453 e. The molecule has 1 aromatic heterocycles. The van der Waals surface area contributed by atoms with Crippen molar-refractivity contribution >= 4 is 34.8 Å². The normalized spacial score (nSPS) is 9.21. The third-order valence-corrected chi connectivity index (χ3v) is 2.53. The minimum Gasteiger partial charge on any atom is -0.453 e. The van der Waals surface area contributed by atoms with Gasteiger partial charge in [0.15, 0.2) is 5.11 Å². The van der Waals surface area contributed by atoms with Crippen LogP contribution < -0.4 is 10.6 Å². The Morgan fingerprint density at radius 1 is 1.71 bits per heavy atom. The smallest absolute Gasteiger partial charge is 0.413 e. The van der Waals surface area contributed by atoms with E-state index in [1.165, 1.54) is 7.11 Å². The Morgan fingerprint density at radius 2 is 2.50 bits per heavy atom. The molecule has 0 atom stereocenters. The van der Waals surface area contributed by atoms with Gasteiger partial charge in [-0.05, 0) is 23.7 Å². The molecule has 0 aliphatic rings. The molecule has 0 unspecified atom stereocenters. The average molecular weight is 230 g/mol. The Hall–Kier alpha value is -1.14. The molecule has 0 aromatic carbocycles. The van der Waals surface area contributed by atoms with Crippen molar-refractivity contribution in [2.75, 3.05) is 7.11 Å². The van der Waals surface area contributed by atoms with Crippen LogP contribution >= 0.6 is 23.6 Å². The lowest BCUT2D eigenvalue weighted by Gasteiger charge is -2.06. The quantitative estimate of drug-likeness (QED) is 0.756. The standard InChI is InChI=1S/C8H10N2O2S2/c1-12-8(11)10-7(13)9-5-6-3-2-4-14-6/h2-4H,5H2,1H3,(H2,9,10,11,13). The SMILES string of the molecule is COC(=O)NC(=S)NCc1cccs1. The van der Waals surface area contributed by atoms with Crippen molar-refractivity contribution in [2.24, 2.45) is 0 Å². The van der Waals surface area contributed by atoms with Crippen LogP contribution in [-0.2, 0) is 11.3 Å². The van der Waals surface area contributed by atoms with E-state index in [2.05, 4.69) is 15.4 Å². The molecule has 1 amide bonds. The molecule has 76 valence electrons. The Labute approximate surface area is 91.3 Å². The van der Waals surface area contributed by atoms with E-state index in [1.807, 2.05) is 17.5 Å². The monoisotopic (exact) mass is 230 g/mol. The molecule has 0 saturated carbocycles. The maximum atomic E-state index is 10.7. The number of alkyl carbamates (subject to hydrolysis) is 1. The highest BCUT2D eigenvalue weighted by Gasteiger charge is 2.02. The first-order chi connectivity index (χ1) is 6.72. The highest BCUT2D eigenvalue weighted by atomic mass is 32.1. The van der Waals surface area contributed by atoms with E-state index in [1.54, 1.807) is 11.3 Å². The molecule has 14 heavy (non-hydrogen) atoms. The van der Waals surface area contributed by atoms with Gasteiger partial charge in [-0.25, -0.2) is 4.79 Å². The summed E-state index contributed by atoms with van der Waals surface area (Å²) < 4.78 is 4.38. The van der Waals surface area contributed by atoms with Crippen molar-refractivity contribution in [3.05, 3.63) is 22.4 Å². The first-order valence-corrected chi connectivity index (χ1v) is 5.16. The molecule has 1 heterocycles. The van der Waals surface area contributed by atoms with Gasteiger partial charge < -0.3 is 10.1 Å². The molecule has 0 spiro atoms. The zero-order valence-corrected chi connectivity index (χ0v) is 9.21. The van der Waals surface area contributed by atoms with Crippen LogP contribution in [-0.4, -0.2) is 18.3 Å². The molecule has 0 radical (unpaired) electrons. The summed E-state index contributed by atoms with van der Waals surface area (Å²) in [6, 6.07) is 3.94. The molecule has 0 fully saturated rings. The van der Waals surface area contributed by atoms with Crippen LogP contribution in [0.4, 0.5) is 4.79 Å². The lowest BCUT2D eigenvalue weighted by atomic mass is 10.5. The zero-order chi connectivity index (χ0) is 10.4. The molecule has 2 N–H and O–H groups in total. The van der Waals surface area contributed by atoms with Crippen LogP contribution in [0.15, 0.2) is 17.5 Å². The number of hydrogen-bond acceptors (Lipinski definition) is 4. The molecule has 1 rings (SSSR count). The number of carbonyl (C=O) groups excluding carboxylic acids is 1. The lowest BCUT2D eigenvalue weighted by molar-refractivity contribution is 0.176. The van der Waals surface area contributed by atoms with Gasteiger partial charge in [-0.15, -0.1) is 11.3 Å². The third-order valence-electron chi connectivity index (χ3n) is 1.40. The topological polar surface area (TPSA) is 50.4 Å². The van der Waals surface area contributed by atoms with Crippen molar-refractivity contribution in [1.29, 1.82) is 0 Å². The van der Waals surface area contributed by atoms with Crippen molar-refractivity contribution in [2.45, 2.75) is 6.54 Å². The van der Waals surface area contributed by atoms with Crippen LogP contribution in [0.2, 0.25) is 0 Å². The van der Waals surface area contributed by atoms with Gasteiger partial charge in [0.05, 0.1) is 13.7 Å². The van der Waals surface area contributed by atoms with Crippen molar-refractivity contribution < 1.29 is 9.53 Å². The fraction of sp³-hybridized carbons (Fsp3) is 0.250. The molecule has 6 heteroatoms. The molecule has 0 aliphatic carbocycles. The molecule has 1 aromatic rings. The number of thiophene rings is 1. The first kappa shape index (κ1) is 10.9. The summed E-state index contributed by atoms with van der Waals surface area (Å²) in [5, 5.41) is 7.48. The fourth-order valence-electron chi connectivity index (χ4n) is 0.768. The predicted octanol–water partition coefficient (Wildman–Crippen LogP) is 1.48. The molecular weight excluding hydrogens is 220 g/mol. The summed E-state index contributed by atoms with van der Waals surface area (Å²) in [5.41, 5.74) is 0. The van der Waals surface area contributed by atoms with E-state index in [4.69, 9.17) is 12.2 Å². The van der Waals surface area contributed by atoms with Gasteiger partial charge in [0.25, 0.3) is 0 Å². The first-order valence-electron chi connectivity index (χ1n) is 3.87. The number of ether oxygens (including phenoxy) is 1. The Morgan fingerprint density at radius 3 is 3.07 bits per heavy atom. The van der Waals surface area contributed by atoms with Crippen molar-refractivity contribution in [1.82, 2.24) is 10.6 Å². The Balaban J connectivity index is 2.25. The van der Waals surface area contributed by atoms with Gasteiger partial charge in [0.2, 0.25) is 0 Å². The molecule has 0 aliphatic heterocycles. The summed E-state index contributed by atoms with van der Waals surface area (Å²) in [5.74, 6) is 0. The number of rotatable bonds is 2. The molecule has 0 saturated heterocycles. The van der Waals surface area contributed by atoms with Crippen LogP contribution in [0.25, 0.3) is 0 Å². The van der Waals surface area contributed by atoms with Gasteiger partial charge >= 0.3 is 6.09 Å². The van der Waals surface area contributed by atoms with E-state index in [0.717, 1.165) is 4.88 Å². The summed E-state index contributed by atoms with van der Waals surface area (Å²) in [7, 11) is 1.29. The molecule has 0 bridgehead atoms. The van der Waals surface area contributed by atoms with Gasteiger partial charge in [-0.1, -0.05) is 6.07 Å². The van der Waals surface area contributed by atoms with Crippen LogP contribution in [0.5, 0.6) is 0 Å². The van der Waals surface area contributed by atoms with Crippen molar-refractivity contribution in [3.8, 4) is 0 Å². The van der Waals surface area contributed by atoms with Gasteiger partial charge in [0.1, 0.15) is 0 Å². The van der Waals surface area contributed by atoms with E-state index in [0.29, 0.717) is 6.54 Å². The van der Waals surface area contributed by atoms with E-state index >= 15 is 0 Å². The number of hydrogen-bond donors (Lipinski definition) is 2. The minimum atomic E-state index is -0.561. The van der Waals surface area contributed by atoms with E-state index in [-0.39, 0.29) is 5.11 Å². The number of nitrogens with one attached hydrogen (secondary N) is 2. The Kier molecular flexibility index (Phi) is 4.34. The van der Waals surface area contributed by atoms with Crippen LogP contribution in [0, 0.1) is 0 Å². The second kappa shape index (κ2) is 5.56. The summed E-state index contributed by atoms with van der Waals surface area (Å²) in [4.78, 5) is 11.9. The van der Waals surface area contributed by atoms with Gasteiger partial charge in [0, 0.05) is 4.88 Å². The number of carbonyl (C=O) groups is 1. The molecular formula is C8H10N2O2S2. The van der Waals surface area contributed by atoms with Gasteiger partial charge in [-0.2, -0.15) is 0 Å². The maximum absolute atomic E-state index is 10.7. The molecule has 4 nitrogen and oxygen atoms in total. The zero-order valence-electron chi connectivity index (χ0n) is 7.57. The fourth-order valence-corrected chi connectivity index (χ4v) is 1.57. The highest BCUT2D eigenvalue weighted by Crippen LogP contribution is 2.06. The second-order valence-corrected chi connectivity index (χ2v) is 3.82. The summed E-state index contributed by atoms with van der Waals surface area (Å²) in [6.07, 6.45) is -0.561. The number of thiocarbonyl (C=S) groups is 1. The Bertz CT molecular complexity index is 311. The predicted molar refractivity (Wildman–Crippen MR) is 59.3 cm³/mol. The lowest BCUT2D eigenvalue weighted by Crippen LogP contribution is -2.38.